The Kier molecular flexibility index (Phi) is 3.97. The highest BCUT2D eigenvalue weighted by Crippen LogP contribution is 2.38. The first-order valence-electron chi connectivity index (χ1n) is 7.14. The van der Waals surface area contributed by atoms with Crippen LogP contribution in [0.15, 0.2) is 0 Å². The third-order valence-corrected chi connectivity index (χ3v) is 4.39. The summed E-state index contributed by atoms with van der Waals surface area (Å²) in [5.41, 5.74) is -0.494. The molecule has 4 heteroatoms. The maximum absolute atomic E-state index is 12.2. The largest absolute Gasteiger partial charge is 0.468 e. The average Bonchev–Trinajstić information content (AvgIpc) is 3.14. The van der Waals surface area contributed by atoms with Crippen molar-refractivity contribution in [2.24, 2.45) is 0 Å². The molecule has 2 rings (SSSR count). The Labute approximate surface area is 110 Å². The molecule has 2 fully saturated rings. The van der Waals surface area contributed by atoms with Crippen LogP contribution in [0.5, 0.6) is 0 Å². The van der Waals surface area contributed by atoms with Gasteiger partial charge in [-0.15, -0.1) is 0 Å². The molecule has 18 heavy (non-hydrogen) atoms. The van der Waals surface area contributed by atoms with E-state index in [2.05, 4.69) is 31.0 Å². The van der Waals surface area contributed by atoms with Crippen LogP contribution in [0.2, 0.25) is 0 Å². The molecule has 1 aliphatic carbocycles. The molecule has 1 saturated carbocycles. The molecule has 0 spiro atoms. The summed E-state index contributed by atoms with van der Waals surface area (Å²) in [7, 11) is 1.49. The summed E-state index contributed by atoms with van der Waals surface area (Å²) in [5, 5.41) is 3.52. The number of nitrogens with one attached hydrogen (secondary N) is 1. The van der Waals surface area contributed by atoms with Crippen LogP contribution in [0.1, 0.15) is 46.5 Å². The molecule has 2 aliphatic rings. The van der Waals surface area contributed by atoms with E-state index in [-0.39, 0.29) is 5.97 Å². The number of hydrogen-bond donors (Lipinski definition) is 1. The predicted molar refractivity (Wildman–Crippen MR) is 71.4 cm³/mol. The Morgan fingerprint density at radius 3 is 2.72 bits per heavy atom. The van der Waals surface area contributed by atoms with Gasteiger partial charge < -0.3 is 4.74 Å². The number of rotatable bonds is 5. The van der Waals surface area contributed by atoms with Gasteiger partial charge in [0.15, 0.2) is 0 Å². The highest BCUT2D eigenvalue weighted by Gasteiger charge is 2.52. The highest BCUT2D eigenvalue weighted by atomic mass is 16.5. The molecule has 0 radical (unpaired) electrons. The van der Waals surface area contributed by atoms with E-state index in [9.17, 15) is 4.79 Å². The van der Waals surface area contributed by atoms with E-state index in [1.807, 2.05) is 0 Å². The van der Waals surface area contributed by atoms with Gasteiger partial charge in [-0.1, -0.05) is 6.92 Å². The van der Waals surface area contributed by atoms with Crippen LogP contribution < -0.4 is 5.32 Å². The normalized spacial score (nSPS) is 34.6. The second-order valence-corrected chi connectivity index (χ2v) is 5.98. The zero-order valence-corrected chi connectivity index (χ0v) is 12.0. The third-order valence-electron chi connectivity index (χ3n) is 4.39. The van der Waals surface area contributed by atoms with Gasteiger partial charge in [-0.3, -0.25) is 15.0 Å². The molecule has 0 aromatic carbocycles. The lowest BCUT2D eigenvalue weighted by Crippen LogP contribution is -2.57. The number of hydrogen-bond acceptors (Lipinski definition) is 4. The summed E-state index contributed by atoms with van der Waals surface area (Å²) in [4.78, 5) is 14.7. The summed E-state index contributed by atoms with van der Waals surface area (Å²) < 4.78 is 5.05. The van der Waals surface area contributed by atoms with Crippen LogP contribution in [0.25, 0.3) is 0 Å². The number of methoxy groups -OCH3 is 1. The molecule has 1 saturated heterocycles. The van der Waals surface area contributed by atoms with Crippen molar-refractivity contribution in [1.29, 1.82) is 0 Å². The standard InChI is InChI=1S/C14H26N2O2/c1-5-10(2)15-14(13(17)18-4)8-11(3)16(9-14)12-6-7-12/h10-12,15H,5-9H2,1-4H3. The summed E-state index contributed by atoms with van der Waals surface area (Å²) in [6, 6.07) is 1.51. The second-order valence-electron chi connectivity index (χ2n) is 5.98. The highest BCUT2D eigenvalue weighted by molar-refractivity contribution is 5.82. The molecule has 3 unspecified atom stereocenters. The van der Waals surface area contributed by atoms with E-state index in [0.29, 0.717) is 18.1 Å². The van der Waals surface area contributed by atoms with Crippen molar-refractivity contribution in [3.8, 4) is 0 Å². The summed E-state index contributed by atoms with van der Waals surface area (Å²) in [5.74, 6) is -0.0993. The molecule has 0 aromatic heterocycles. The number of carbonyl (C=O) groups is 1. The molecule has 3 atom stereocenters. The number of nitrogens with zero attached hydrogens (tertiary/aromatic N) is 1. The SMILES string of the molecule is CCC(C)NC1(C(=O)OC)CC(C)N(C2CC2)C1. The summed E-state index contributed by atoms with van der Waals surface area (Å²) >= 11 is 0. The maximum Gasteiger partial charge on any atom is 0.327 e. The lowest BCUT2D eigenvalue weighted by molar-refractivity contribution is -0.148. The van der Waals surface area contributed by atoms with Crippen LogP contribution >= 0.6 is 0 Å². The molecule has 4 nitrogen and oxygen atoms in total. The molecule has 1 N–H and O–H groups in total. The van der Waals surface area contributed by atoms with Gasteiger partial charge in [0.1, 0.15) is 5.54 Å². The Hall–Kier alpha value is -0.610. The smallest absolute Gasteiger partial charge is 0.327 e. The molecular formula is C14H26N2O2. The first-order valence-corrected chi connectivity index (χ1v) is 7.14. The first-order chi connectivity index (χ1) is 8.52. The average molecular weight is 254 g/mol. The fourth-order valence-electron chi connectivity index (χ4n) is 3.13. The van der Waals surface area contributed by atoms with Crippen LogP contribution in [0.4, 0.5) is 0 Å². The van der Waals surface area contributed by atoms with Gasteiger partial charge in [-0.05, 0) is 39.5 Å². The van der Waals surface area contributed by atoms with Gasteiger partial charge in [-0.2, -0.15) is 0 Å². The summed E-state index contributed by atoms with van der Waals surface area (Å²) in [6.45, 7) is 7.30. The van der Waals surface area contributed by atoms with Crippen LogP contribution in [-0.2, 0) is 9.53 Å². The Morgan fingerprint density at radius 2 is 2.22 bits per heavy atom. The number of ether oxygens (including phenoxy) is 1. The van der Waals surface area contributed by atoms with E-state index in [1.165, 1.54) is 20.0 Å². The molecule has 1 heterocycles. The van der Waals surface area contributed by atoms with Crippen molar-refractivity contribution in [1.82, 2.24) is 10.2 Å². The Balaban J connectivity index is 2.13. The lowest BCUT2D eigenvalue weighted by atomic mass is 9.95. The number of esters is 1. The fraction of sp³-hybridized carbons (Fsp3) is 0.929. The van der Waals surface area contributed by atoms with Crippen LogP contribution in [0.3, 0.4) is 0 Å². The van der Waals surface area contributed by atoms with Crippen molar-refractivity contribution >= 4 is 5.97 Å². The topological polar surface area (TPSA) is 41.6 Å². The third kappa shape index (κ3) is 2.54. The Bertz CT molecular complexity index is 317. The quantitative estimate of drug-likeness (QED) is 0.756. The fourth-order valence-corrected chi connectivity index (χ4v) is 3.13. The minimum Gasteiger partial charge on any atom is -0.468 e. The zero-order chi connectivity index (χ0) is 13.3. The molecule has 0 aromatic rings. The van der Waals surface area contributed by atoms with E-state index in [0.717, 1.165) is 19.4 Å². The molecule has 0 bridgehead atoms. The van der Waals surface area contributed by atoms with E-state index < -0.39 is 5.54 Å². The first kappa shape index (κ1) is 13.8. The van der Waals surface area contributed by atoms with Crippen molar-refractivity contribution in [2.45, 2.75) is 70.1 Å². The van der Waals surface area contributed by atoms with Crippen molar-refractivity contribution in [2.75, 3.05) is 13.7 Å². The minimum absolute atomic E-state index is 0.0993. The molecular weight excluding hydrogens is 228 g/mol. The Morgan fingerprint density at radius 1 is 1.56 bits per heavy atom. The molecule has 1 aliphatic heterocycles. The van der Waals surface area contributed by atoms with Gasteiger partial charge in [0, 0.05) is 24.7 Å². The second kappa shape index (κ2) is 5.17. The number of likely N-dealkylation sites (tertiary alicyclic amines) is 1. The van der Waals surface area contributed by atoms with Crippen molar-refractivity contribution < 1.29 is 9.53 Å². The van der Waals surface area contributed by atoms with Crippen molar-refractivity contribution in [3.63, 3.8) is 0 Å². The summed E-state index contributed by atoms with van der Waals surface area (Å²) in [6.07, 6.45) is 4.45. The number of carbonyl (C=O) groups excluding carboxylic acids is 1. The van der Waals surface area contributed by atoms with E-state index in [4.69, 9.17) is 4.74 Å². The molecule has 104 valence electrons. The van der Waals surface area contributed by atoms with Gasteiger partial charge in [-0.25, -0.2) is 0 Å². The van der Waals surface area contributed by atoms with Gasteiger partial charge in [0.05, 0.1) is 7.11 Å². The zero-order valence-electron chi connectivity index (χ0n) is 12.0. The van der Waals surface area contributed by atoms with E-state index >= 15 is 0 Å². The van der Waals surface area contributed by atoms with Crippen LogP contribution in [-0.4, -0.2) is 48.2 Å². The molecule has 0 amide bonds. The van der Waals surface area contributed by atoms with Crippen molar-refractivity contribution in [3.05, 3.63) is 0 Å². The monoisotopic (exact) mass is 254 g/mol. The van der Waals surface area contributed by atoms with Gasteiger partial charge >= 0.3 is 5.97 Å². The lowest BCUT2D eigenvalue weighted by Gasteiger charge is -2.31. The minimum atomic E-state index is -0.494. The predicted octanol–water partition coefficient (Wildman–Crippen LogP) is 1.54. The maximum atomic E-state index is 12.2. The van der Waals surface area contributed by atoms with E-state index in [1.54, 1.807) is 0 Å². The van der Waals surface area contributed by atoms with Gasteiger partial charge in [0.25, 0.3) is 0 Å². The van der Waals surface area contributed by atoms with Gasteiger partial charge in [0.2, 0.25) is 0 Å². The van der Waals surface area contributed by atoms with Crippen LogP contribution in [0, 0.1) is 0 Å².